The maximum absolute atomic E-state index is 11.0. The average molecular weight is 228 g/mol. The molecule has 0 spiro atoms. The molecule has 0 aromatic carbocycles. The largest absolute Gasteiger partial charge is 0.299 e. The number of rotatable bonds is 4. The summed E-state index contributed by atoms with van der Waals surface area (Å²) in [5.41, 5.74) is 0. The molecule has 0 bridgehead atoms. The summed E-state index contributed by atoms with van der Waals surface area (Å²) in [6.45, 7) is 13.0. The lowest BCUT2D eigenvalue weighted by atomic mass is 10.2. The highest BCUT2D eigenvalue weighted by Gasteiger charge is 2.27. The van der Waals surface area contributed by atoms with Crippen molar-refractivity contribution in [2.24, 2.45) is 0 Å². The Labute approximate surface area is 101 Å². The first-order valence-corrected chi connectivity index (χ1v) is 6.44. The Hall–Kier alpha value is -0.410. The normalized spacial score (nSPS) is 21.1. The number of hydrogen-bond acceptors (Lipinski definition) is 3. The van der Waals surface area contributed by atoms with E-state index >= 15 is 0 Å². The number of carbonyl (C=O) groups excluding carboxylic acids is 1. The van der Waals surface area contributed by atoms with Gasteiger partial charge < -0.3 is 0 Å². The summed E-state index contributed by atoms with van der Waals surface area (Å²) in [4.78, 5) is 15.6. The Kier molecular flexibility index (Phi) is 7.60. The van der Waals surface area contributed by atoms with Crippen molar-refractivity contribution in [3.8, 4) is 0 Å². The smallest absolute Gasteiger partial charge is 0.143 e. The van der Waals surface area contributed by atoms with E-state index in [1.54, 1.807) is 6.92 Å². The third kappa shape index (κ3) is 5.08. The Bertz CT molecular complexity index is 204. The number of carbonyl (C=O) groups is 1. The molecule has 0 amide bonds. The first-order chi connectivity index (χ1) is 7.50. The maximum atomic E-state index is 11.0. The van der Waals surface area contributed by atoms with Gasteiger partial charge in [0, 0.05) is 25.2 Å². The van der Waals surface area contributed by atoms with Crippen LogP contribution in [-0.4, -0.2) is 54.3 Å². The number of ketones is 1. The number of likely N-dealkylation sites (N-methyl/N-ethyl adjacent to an activating group) is 1. The average Bonchev–Trinajstić information content (AvgIpc) is 2.68. The number of nitrogens with zero attached hydrogens (tertiary/aromatic N) is 2. The van der Waals surface area contributed by atoms with Gasteiger partial charge in [-0.15, -0.1) is 0 Å². The van der Waals surface area contributed by atoms with Crippen LogP contribution in [-0.2, 0) is 4.79 Å². The lowest BCUT2D eigenvalue weighted by molar-refractivity contribution is -0.118. The number of hydrogen-bond donors (Lipinski definition) is 0. The van der Waals surface area contributed by atoms with Crippen molar-refractivity contribution in [1.29, 1.82) is 0 Å². The molecule has 1 saturated heterocycles. The summed E-state index contributed by atoms with van der Waals surface area (Å²) in [6, 6.07) is 1.20. The summed E-state index contributed by atoms with van der Waals surface area (Å²) >= 11 is 0. The summed E-state index contributed by atoms with van der Waals surface area (Å²) < 4.78 is 0. The van der Waals surface area contributed by atoms with Crippen molar-refractivity contribution >= 4 is 5.78 Å². The molecule has 0 radical (unpaired) electrons. The Morgan fingerprint density at radius 2 is 2.00 bits per heavy atom. The van der Waals surface area contributed by atoms with Crippen LogP contribution < -0.4 is 0 Å². The second-order valence-corrected chi connectivity index (χ2v) is 4.65. The van der Waals surface area contributed by atoms with E-state index in [4.69, 9.17) is 0 Å². The molecule has 1 fully saturated rings. The van der Waals surface area contributed by atoms with Crippen molar-refractivity contribution in [1.82, 2.24) is 9.80 Å². The molecule has 1 heterocycles. The molecular formula is C13H28N2O. The topological polar surface area (TPSA) is 23.6 Å². The van der Waals surface area contributed by atoms with Gasteiger partial charge in [0.25, 0.3) is 0 Å². The van der Waals surface area contributed by atoms with Crippen LogP contribution in [0.3, 0.4) is 0 Å². The molecule has 3 heteroatoms. The second kappa shape index (κ2) is 7.80. The van der Waals surface area contributed by atoms with Gasteiger partial charge in [-0.1, -0.05) is 13.8 Å². The van der Waals surface area contributed by atoms with Crippen LogP contribution in [0.2, 0.25) is 0 Å². The molecule has 0 N–H and O–H groups in total. The fourth-order valence-electron chi connectivity index (χ4n) is 2.08. The van der Waals surface area contributed by atoms with Crippen LogP contribution in [0.5, 0.6) is 0 Å². The van der Waals surface area contributed by atoms with Crippen molar-refractivity contribution in [3.05, 3.63) is 0 Å². The van der Waals surface area contributed by atoms with E-state index in [2.05, 4.69) is 30.7 Å². The molecule has 16 heavy (non-hydrogen) atoms. The molecule has 1 unspecified atom stereocenters. The zero-order chi connectivity index (χ0) is 12.7. The molecule has 0 aromatic rings. The Morgan fingerprint density at radius 3 is 2.38 bits per heavy atom. The Balaban J connectivity index is 0.00000106. The van der Waals surface area contributed by atoms with E-state index in [9.17, 15) is 4.79 Å². The highest BCUT2D eigenvalue weighted by Crippen LogP contribution is 2.16. The minimum atomic E-state index is 0.260. The van der Waals surface area contributed by atoms with Crippen LogP contribution in [0.4, 0.5) is 0 Å². The predicted molar refractivity (Wildman–Crippen MR) is 69.8 cm³/mol. The van der Waals surface area contributed by atoms with E-state index in [-0.39, 0.29) is 5.78 Å². The SMILES string of the molecule is CC.CC(=O)CN(C)C1CCN(C(C)C)C1. The highest BCUT2D eigenvalue weighted by molar-refractivity contribution is 5.77. The quantitative estimate of drug-likeness (QED) is 0.735. The zero-order valence-corrected chi connectivity index (χ0v) is 11.8. The molecule has 1 aliphatic rings. The van der Waals surface area contributed by atoms with Crippen molar-refractivity contribution in [2.75, 3.05) is 26.7 Å². The first-order valence-electron chi connectivity index (χ1n) is 6.44. The van der Waals surface area contributed by atoms with Gasteiger partial charge in [-0.25, -0.2) is 0 Å². The summed E-state index contributed by atoms with van der Waals surface area (Å²) in [5.74, 6) is 0.260. The van der Waals surface area contributed by atoms with Crippen molar-refractivity contribution in [2.45, 2.75) is 53.1 Å². The van der Waals surface area contributed by atoms with E-state index in [0.29, 0.717) is 18.6 Å². The maximum Gasteiger partial charge on any atom is 0.143 e. The molecule has 3 nitrogen and oxygen atoms in total. The van der Waals surface area contributed by atoms with Crippen LogP contribution in [0, 0.1) is 0 Å². The fraction of sp³-hybridized carbons (Fsp3) is 0.923. The van der Waals surface area contributed by atoms with Crippen molar-refractivity contribution in [3.63, 3.8) is 0 Å². The zero-order valence-electron chi connectivity index (χ0n) is 11.8. The van der Waals surface area contributed by atoms with Crippen LogP contribution >= 0.6 is 0 Å². The van der Waals surface area contributed by atoms with Gasteiger partial charge in [0.05, 0.1) is 6.54 Å². The van der Waals surface area contributed by atoms with Gasteiger partial charge in [0.15, 0.2) is 0 Å². The first kappa shape index (κ1) is 15.6. The number of Topliss-reactive ketones (excluding diaryl/α,β-unsaturated/α-hetero) is 1. The predicted octanol–water partition coefficient (Wildman–Crippen LogP) is 2.02. The minimum absolute atomic E-state index is 0.260. The van der Waals surface area contributed by atoms with Gasteiger partial charge >= 0.3 is 0 Å². The monoisotopic (exact) mass is 228 g/mol. The van der Waals surface area contributed by atoms with Gasteiger partial charge in [0.1, 0.15) is 5.78 Å². The minimum Gasteiger partial charge on any atom is -0.299 e. The van der Waals surface area contributed by atoms with Gasteiger partial charge in [0.2, 0.25) is 0 Å². The van der Waals surface area contributed by atoms with Crippen LogP contribution in [0.25, 0.3) is 0 Å². The lowest BCUT2D eigenvalue weighted by Gasteiger charge is -2.25. The van der Waals surface area contributed by atoms with E-state index in [1.165, 1.54) is 13.0 Å². The highest BCUT2D eigenvalue weighted by atomic mass is 16.1. The molecule has 1 atom stereocenters. The van der Waals surface area contributed by atoms with Crippen LogP contribution in [0.15, 0.2) is 0 Å². The molecule has 0 aromatic heterocycles. The number of likely N-dealkylation sites (tertiary alicyclic amines) is 1. The molecule has 1 aliphatic heterocycles. The van der Waals surface area contributed by atoms with Gasteiger partial charge in [-0.3, -0.25) is 14.6 Å². The van der Waals surface area contributed by atoms with E-state index < -0.39 is 0 Å². The van der Waals surface area contributed by atoms with E-state index in [1.807, 2.05) is 13.8 Å². The molecular weight excluding hydrogens is 200 g/mol. The lowest BCUT2D eigenvalue weighted by Crippen LogP contribution is -2.38. The molecule has 0 saturated carbocycles. The summed E-state index contributed by atoms with van der Waals surface area (Å²) in [5, 5.41) is 0. The fourth-order valence-corrected chi connectivity index (χ4v) is 2.08. The Morgan fingerprint density at radius 1 is 1.44 bits per heavy atom. The molecule has 96 valence electrons. The second-order valence-electron chi connectivity index (χ2n) is 4.65. The van der Waals surface area contributed by atoms with Gasteiger partial charge in [-0.05, 0) is 34.2 Å². The molecule has 0 aliphatic carbocycles. The summed E-state index contributed by atoms with van der Waals surface area (Å²) in [6.07, 6.45) is 1.20. The summed E-state index contributed by atoms with van der Waals surface area (Å²) in [7, 11) is 2.05. The molecule has 1 rings (SSSR count). The third-order valence-electron chi connectivity index (χ3n) is 3.02. The standard InChI is InChI=1S/C11H22N2O.C2H6/c1-9(2)13-6-5-11(8-13)12(4)7-10(3)14;1-2/h9,11H,5-8H2,1-4H3;1-2H3. The third-order valence-corrected chi connectivity index (χ3v) is 3.02. The van der Waals surface area contributed by atoms with Crippen LogP contribution in [0.1, 0.15) is 41.0 Å². The van der Waals surface area contributed by atoms with Gasteiger partial charge in [-0.2, -0.15) is 0 Å². The van der Waals surface area contributed by atoms with Crippen molar-refractivity contribution < 1.29 is 4.79 Å². The van der Waals surface area contributed by atoms with E-state index in [0.717, 1.165) is 6.54 Å².